The highest BCUT2D eigenvalue weighted by Crippen LogP contribution is 2.14. The summed E-state index contributed by atoms with van der Waals surface area (Å²) in [4.78, 5) is 15.9. The SMILES string of the molecule is CC(O)CN1CCN(C(=O)OC(C)(C)C)CC1C. The van der Waals surface area contributed by atoms with E-state index in [2.05, 4.69) is 11.8 Å². The lowest BCUT2D eigenvalue weighted by atomic mass is 10.1. The number of carbonyl (C=O) groups excluding carboxylic acids is 1. The molecule has 1 aliphatic heterocycles. The minimum Gasteiger partial charge on any atom is -0.444 e. The van der Waals surface area contributed by atoms with Gasteiger partial charge < -0.3 is 14.7 Å². The second-order valence-corrected chi connectivity index (χ2v) is 6.12. The van der Waals surface area contributed by atoms with Crippen LogP contribution < -0.4 is 0 Å². The number of aliphatic hydroxyl groups excluding tert-OH is 1. The fourth-order valence-corrected chi connectivity index (χ4v) is 2.10. The van der Waals surface area contributed by atoms with E-state index in [1.54, 1.807) is 11.8 Å². The molecule has 5 heteroatoms. The molecule has 0 bridgehead atoms. The van der Waals surface area contributed by atoms with Crippen molar-refractivity contribution in [3.05, 3.63) is 0 Å². The number of β-amino-alcohol motifs (C(OH)–C–C–N with tert-alkyl or cyclic N) is 1. The summed E-state index contributed by atoms with van der Waals surface area (Å²) in [5.41, 5.74) is -0.447. The number of hydrogen-bond donors (Lipinski definition) is 1. The first-order chi connectivity index (χ1) is 8.19. The van der Waals surface area contributed by atoms with Crippen molar-refractivity contribution in [2.45, 2.75) is 52.4 Å². The zero-order valence-electron chi connectivity index (χ0n) is 12.1. The van der Waals surface area contributed by atoms with Crippen molar-refractivity contribution >= 4 is 6.09 Å². The molecular formula is C13H26N2O3. The number of carbonyl (C=O) groups is 1. The first-order valence-corrected chi connectivity index (χ1v) is 6.59. The van der Waals surface area contributed by atoms with E-state index in [0.29, 0.717) is 19.6 Å². The predicted octanol–water partition coefficient (Wildman–Crippen LogP) is 1.31. The molecule has 0 saturated carbocycles. The van der Waals surface area contributed by atoms with Gasteiger partial charge in [0.2, 0.25) is 0 Å². The van der Waals surface area contributed by atoms with Gasteiger partial charge in [0.25, 0.3) is 0 Å². The smallest absolute Gasteiger partial charge is 0.410 e. The Morgan fingerprint density at radius 3 is 2.50 bits per heavy atom. The zero-order valence-corrected chi connectivity index (χ0v) is 12.1. The van der Waals surface area contributed by atoms with Gasteiger partial charge in [0.1, 0.15) is 5.60 Å². The molecule has 2 atom stereocenters. The van der Waals surface area contributed by atoms with Crippen LogP contribution in [0.15, 0.2) is 0 Å². The molecule has 1 N–H and O–H groups in total. The van der Waals surface area contributed by atoms with Gasteiger partial charge in [-0.25, -0.2) is 4.79 Å². The Kier molecular flexibility index (Phi) is 4.99. The number of amides is 1. The van der Waals surface area contributed by atoms with Gasteiger partial charge in [-0.2, -0.15) is 0 Å². The Labute approximate surface area is 110 Å². The number of hydrogen-bond acceptors (Lipinski definition) is 4. The van der Waals surface area contributed by atoms with Crippen LogP contribution in [0.4, 0.5) is 4.79 Å². The van der Waals surface area contributed by atoms with Crippen molar-refractivity contribution in [1.29, 1.82) is 0 Å². The Morgan fingerprint density at radius 1 is 1.44 bits per heavy atom. The molecule has 0 radical (unpaired) electrons. The molecule has 18 heavy (non-hydrogen) atoms. The van der Waals surface area contributed by atoms with Gasteiger partial charge >= 0.3 is 6.09 Å². The highest BCUT2D eigenvalue weighted by Gasteiger charge is 2.29. The monoisotopic (exact) mass is 258 g/mol. The van der Waals surface area contributed by atoms with Gasteiger partial charge in [-0.15, -0.1) is 0 Å². The van der Waals surface area contributed by atoms with Crippen LogP contribution in [-0.4, -0.2) is 64.9 Å². The Balaban J connectivity index is 2.48. The average molecular weight is 258 g/mol. The van der Waals surface area contributed by atoms with Gasteiger partial charge in [-0.1, -0.05) is 0 Å². The van der Waals surface area contributed by atoms with Crippen LogP contribution in [0.3, 0.4) is 0 Å². The maximum Gasteiger partial charge on any atom is 0.410 e. The van der Waals surface area contributed by atoms with Crippen molar-refractivity contribution < 1.29 is 14.6 Å². The number of rotatable bonds is 2. The van der Waals surface area contributed by atoms with Crippen molar-refractivity contribution in [2.75, 3.05) is 26.2 Å². The zero-order chi connectivity index (χ0) is 13.9. The largest absolute Gasteiger partial charge is 0.444 e. The van der Waals surface area contributed by atoms with E-state index >= 15 is 0 Å². The molecule has 1 saturated heterocycles. The highest BCUT2D eigenvalue weighted by atomic mass is 16.6. The highest BCUT2D eigenvalue weighted by molar-refractivity contribution is 5.68. The van der Waals surface area contributed by atoms with E-state index in [4.69, 9.17) is 4.74 Å². The lowest BCUT2D eigenvalue weighted by Gasteiger charge is -2.40. The Hall–Kier alpha value is -0.810. The fourth-order valence-electron chi connectivity index (χ4n) is 2.10. The topological polar surface area (TPSA) is 53.0 Å². The minimum atomic E-state index is -0.447. The number of nitrogens with zero attached hydrogens (tertiary/aromatic N) is 2. The second-order valence-electron chi connectivity index (χ2n) is 6.12. The maximum atomic E-state index is 11.9. The van der Waals surface area contributed by atoms with Crippen molar-refractivity contribution in [1.82, 2.24) is 9.80 Å². The molecule has 0 spiro atoms. The van der Waals surface area contributed by atoms with Crippen LogP contribution in [-0.2, 0) is 4.74 Å². The number of aliphatic hydroxyl groups is 1. The fraction of sp³-hybridized carbons (Fsp3) is 0.923. The lowest BCUT2D eigenvalue weighted by Crippen LogP contribution is -2.55. The quantitative estimate of drug-likeness (QED) is 0.811. The van der Waals surface area contributed by atoms with Gasteiger partial charge in [-0.3, -0.25) is 4.90 Å². The van der Waals surface area contributed by atoms with E-state index in [1.165, 1.54) is 0 Å². The van der Waals surface area contributed by atoms with Gasteiger partial charge in [0.15, 0.2) is 0 Å². The summed E-state index contributed by atoms with van der Waals surface area (Å²) >= 11 is 0. The van der Waals surface area contributed by atoms with Crippen LogP contribution in [0.25, 0.3) is 0 Å². The van der Waals surface area contributed by atoms with Crippen molar-refractivity contribution in [3.63, 3.8) is 0 Å². The first kappa shape index (κ1) is 15.2. The molecule has 0 aromatic heterocycles. The van der Waals surface area contributed by atoms with Gasteiger partial charge in [0, 0.05) is 32.2 Å². The molecular weight excluding hydrogens is 232 g/mol. The summed E-state index contributed by atoms with van der Waals surface area (Å²) < 4.78 is 5.36. The van der Waals surface area contributed by atoms with Crippen molar-refractivity contribution in [2.24, 2.45) is 0 Å². The first-order valence-electron chi connectivity index (χ1n) is 6.59. The molecule has 1 aliphatic rings. The van der Waals surface area contributed by atoms with Crippen LogP contribution >= 0.6 is 0 Å². The molecule has 2 unspecified atom stereocenters. The summed E-state index contributed by atoms with van der Waals surface area (Å²) in [5.74, 6) is 0. The summed E-state index contributed by atoms with van der Waals surface area (Å²) in [6.07, 6.45) is -0.577. The van der Waals surface area contributed by atoms with Crippen LogP contribution in [0.1, 0.15) is 34.6 Å². The summed E-state index contributed by atoms with van der Waals surface area (Å²) in [6.45, 7) is 12.2. The third kappa shape index (κ3) is 4.82. The summed E-state index contributed by atoms with van der Waals surface area (Å²) in [6, 6.07) is 0.251. The van der Waals surface area contributed by atoms with Crippen LogP contribution in [0.2, 0.25) is 0 Å². The molecule has 1 amide bonds. The number of ether oxygens (including phenoxy) is 1. The maximum absolute atomic E-state index is 11.9. The molecule has 1 fully saturated rings. The predicted molar refractivity (Wildman–Crippen MR) is 70.5 cm³/mol. The van der Waals surface area contributed by atoms with E-state index in [1.807, 2.05) is 20.8 Å². The average Bonchev–Trinajstić information content (AvgIpc) is 2.17. The van der Waals surface area contributed by atoms with Gasteiger partial charge in [-0.05, 0) is 34.6 Å². The number of piperazine rings is 1. The summed E-state index contributed by atoms with van der Waals surface area (Å²) in [5, 5.41) is 9.40. The molecule has 1 rings (SSSR count). The summed E-state index contributed by atoms with van der Waals surface area (Å²) in [7, 11) is 0. The molecule has 5 nitrogen and oxygen atoms in total. The normalized spacial score (nSPS) is 23.9. The molecule has 1 heterocycles. The van der Waals surface area contributed by atoms with Crippen molar-refractivity contribution in [3.8, 4) is 0 Å². The second kappa shape index (κ2) is 5.89. The lowest BCUT2D eigenvalue weighted by molar-refractivity contribution is -0.000368. The van der Waals surface area contributed by atoms with Crippen LogP contribution in [0.5, 0.6) is 0 Å². The Bertz CT molecular complexity index is 286. The molecule has 106 valence electrons. The van der Waals surface area contributed by atoms with E-state index in [9.17, 15) is 9.90 Å². The van der Waals surface area contributed by atoms with E-state index < -0.39 is 5.60 Å². The third-order valence-electron chi connectivity index (χ3n) is 2.92. The standard InChI is InChI=1S/C13H26N2O3/c1-10-8-15(12(17)18-13(3,4)5)7-6-14(10)9-11(2)16/h10-11,16H,6-9H2,1-5H3. The van der Waals surface area contributed by atoms with E-state index in [0.717, 1.165) is 6.54 Å². The third-order valence-corrected chi connectivity index (χ3v) is 2.92. The Morgan fingerprint density at radius 2 is 2.06 bits per heavy atom. The van der Waals surface area contributed by atoms with Crippen LogP contribution in [0, 0.1) is 0 Å². The molecule has 0 aromatic carbocycles. The molecule has 0 aromatic rings. The molecule has 0 aliphatic carbocycles. The van der Waals surface area contributed by atoms with E-state index in [-0.39, 0.29) is 18.2 Å². The van der Waals surface area contributed by atoms with Gasteiger partial charge in [0.05, 0.1) is 6.10 Å². The minimum absolute atomic E-state index is 0.244.